The Bertz CT molecular complexity index is 693. The van der Waals surface area contributed by atoms with E-state index < -0.39 is 5.41 Å². The first-order valence-corrected chi connectivity index (χ1v) is 9.30. The van der Waals surface area contributed by atoms with Gasteiger partial charge in [0, 0.05) is 31.2 Å². The summed E-state index contributed by atoms with van der Waals surface area (Å²) in [5.41, 5.74) is 0.735. The summed E-state index contributed by atoms with van der Waals surface area (Å²) in [5, 5.41) is 0. The van der Waals surface area contributed by atoms with E-state index in [0.717, 1.165) is 12.8 Å². The van der Waals surface area contributed by atoms with E-state index in [1.807, 2.05) is 32.6 Å². The molecular weight excluding hydrogens is 332 g/mol. The van der Waals surface area contributed by atoms with Crippen LogP contribution in [0.25, 0.3) is 0 Å². The van der Waals surface area contributed by atoms with Gasteiger partial charge in [0.05, 0.1) is 30.5 Å². The molecule has 0 unspecified atom stereocenters. The molecule has 2 aliphatic rings. The average Bonchev–Trinajstić information content (AvgIpc) is 3.09. The van der Waals surface area contributed by atoms with Gasteiger partial charge in [0.25, 0.3) is 5.91 Å². The van der Waals surface area contributed by atoms with Crippen molar-refractivity contribution in [3.63, 3.8) is 0 Å². The molecule has 1 aromatic rings. The van der Waals surface area contributed by atoms with Crippen LogP contribution in [0.3, 0.4) is 0 Å². The molecule has 7 nitrogen and oxygen atoms in total. The molecule has 2 saturated heterocycles. The summed E-state index contributed by atoms with van der Waals surface area (Å²) in [6.45, 7) is 10.5. The van der Waals surface area contributed by atoms with E-state index in [9.17, 15) is 9.59 Å². The van der Waals surface area contributed by atoms with Crippen molar-refractivity contribution in [2.45, 2.75) is 46.6 Å². The van der Waals surface area contributed by atoms with Crippen LogP contribution >= 0.6 is 0 Å². The molecule has 2 aliphatic heterocycles. The van der Waals surface area contributed by atoms with E-state index in [1.165, 1.54) is 0 Å². The van der Waals surface area contributed by atoms with Crippen molar-refractivity contribution in [1.29, 1.82) is 0 Å². The predicted octanol–water partition coefficient (Wildman–Crippen LogP) is 1.97. The number of hydrogen-bond acceptors (Lipinski definition) is 5. The molecule has 0 aromatic carbocycles. The van der Waals surface area contributed by atoms with Gasteiger partial charge in [0.15, 0.2) is 0 Å². The van der Waals surface area contributed by atoms with Crippen LogP contribution in [0.1, 0.15) is 61.5 Å². The first-order chi connectivity index (χ1) is 12.3. The molecule has 0 spiro atoms. The largest absolute Gasteiger partial charge is 0.378 e. The topological polar surface area (TPSA) is 75.6 Å². The Labute approximate surface area is 154 Å². The molecule has 0 aliphatic carbocycles. The summed E-state index contributed by atoms with van der Waals surface area (Å²) in [5.74, 6) is 0.646. The molecule has 3 rings (SSSR count). The first kappa shape index (κ1) is 18.8. The number of carbonyl (C=O) groups is 2. The van der Waals surface area contributed by atoms with E-state index in [0.29, 0.717) is 49.9 Å². The number of likely N-dealkylation sites (tertiary alicyclic amines) is 1. The highest BCUT2D eigenvalue weighted by molar-refractivity contribution is 5.95. The summed E-state index contributed by atoms with van der Waals surface area (Å²) in [6.07, 6.45) is 3.36. The third-order valence-corrected chi connectivity index (χ3v) is 4.94. The Morgan fingerprint density at radius 2 is 1.88 bits per heavy atom. The normalized spacial score (nSPS) is 21.2. The maximum absolute atomic E-state index is 13.0. The van der Waals surface area contributed by atoms with Crippen molar-refractivity contribution in [2.75, 3.05) is 32.8 Å². The van der Waals surface area contributed by atoms with Crippen LogP contribution in [-0.4, -0.2) is 64.4 Å². The number of aryl methyl sites for hydroxylation is 1. The number of nitrogens with zero attached hydrogens (tertiary/aromatic N) is 4. The number of rotatable bonds is 2. The molecule has 2 amide bonds. The molecule has 3 heterocycles. The fourth-order valence-electron chi connectivity index (χ4n) is 3.57. The number of hydrogen-bond donors (Lipinski definition) is 0. The number of amides is 2. The third kappa shape index (κ3) is 3.72. The molecule has 7 heteroatoms. The van der Waals surface area contributed by atoms with Gasteiger partial charge in [-0.1, -0.05) is 20.8 Å². The summed E-state index contributed by atoms with van der Waals surface area (Å²) >= 11 is 0. The van der Waals surface area contributed by atoms with Gasteiger partial charge >= 0.3 is 0 Å². The van der Waals surface area contributed by atoms with Crippen LogP contribution in [0.2, 0.25) is 0 Å². The Hall–Kier alpha value is -2.02. The molecule has 0 radical (unpaired) electrons. The number of carbonyl (C=O) groups excluding carboxylic acids is 2. The maximum atomic E-state index is 13.0. The third-order valence-electron chi connectivity index (χ3n) is 4.94. The smallest absolute Gasteiger partial charge is 0.257 e. The zero-order valence-electron chi connectivity index (χ0n) is 16.1. The fourth-order valence-corrected chi connectivity index (χ4v) is 3.57. The second kappa shape index (κ2) is 7.31. The highest BCUT2D eigenvalue weighted by atomic mass is 16.5. The van der Waals surface area contributed by atoms with Gasteiger partial charge < -0.3 is 14.5 Å². The first-order valence-electron chi connectivity index (χ1n) is 9.30. The molecule has 0 N–H and O–H groups in total. The summed E-state index contributed by atoms with van der Waals surface area (Å²) in [4.78, 5) is 38.5. The number of morpholine rings is 1. The number of ether oxygens (including phenoxy) is 1. The zero-order valence-corrected chi connectivity index (χ0v) is 16.1. The second-order valence-corrected chi connectivity index (χ2v) is 8.03. The van der Waals surface area contributed by atoms with E-state index in [4.69, 9.17) is 4.74 Å². The van der Waals surface area contributed by atoms with Crippen molar-refractivity contribution in [3.05, 3.63) is 23.3 Å². The second-order valence-electron chi connectivity index (χ2n) is 8.03. The van der Waals surface area contributed by atoms with E-state index in [1.54, 1.807) is 11.1 Å². The minimum atomic E-state index is -0.459. The van der Waals surface area contributed by atoms with Crippen LogP contribution < -0.4 is 0 Å². The monoisotopic (exact) mass is 360 g/mol. The van der Waals surface area contributed by atoms with Crippen LogP contribution in [0.15, 0.2) is 6.20 Å². The lowest BCUT2D eigenvalue weighted by Gasteiger charge is -2.32. The minimum Gasteiger partial charge on any atom is -0.378 e. The van der Waals surface area contributed by atoms with Crippen LogP contribution in [-0.2, 0) is 9.53 Å². The van der Waals surface area contributed by atoms with Crippen molar-refractivity contribution in [2.24, 2.45) is 5.41 Å². The van der Waals surface area contributed by atoms with Gasteiger partial charge in [-0.3, -0.25) is 9.59 Å². The predicted molar refractivity (Wildman–Crippen MR) is 96.6 cm³/mol. The highest BCUT2D eigenvalue weighted by Crippen LogP contribution is 2.36. The fraction of sp³-hybridized carbons (Fsp3) is 0.684. The molecule has 1 aromatic heterocycles. The Balaban J connectivity index is 1.94. The van der Waals surface area contributed by atoms with Gasteiger partial charge in [-0.25, -0.2) is 9.97 Å². The van der Waals surface area contributed by atoms with Crippen LogP contribution in [0.4, 0.5) is 0 Å². The van der Waals surface area contributed by atoms with Crippen molar-refractivity contribution in [1.82, 2.24) is 19.8 Å². The quantitative estimate of drug-likeness (QED) is 0.806. The van der Waals surface area contributed by atoms with Crippen molar-refractivity contribution >= 4 is 11.8 Å². The average molecular weight is 360 g/mol. The van der Waals surface area contributed by atoms with Crippen molar-refractivity contribution < 1.29 is 14.3 Å². The molecule has 0 saturated carbocycles. The summed E-state index contributed by atoms with van der Waals surface area (Å²) in [6, 6.07) is -0.164. The summed E-state index contributed by atoms with van der Waals surface area (Å²) in [7, 11) is 0. The lowest BCUT2D eigenvalue weighted by molar-refractivity contribution is -0.140. The maximum Gasteiger partial charge on any atom is 0.257 e. The standard InChI is InChI=1S/C19H28N4O3/c1-13-20-12-14(17(24)22-8-10-26-11-9-22)16(21-13)15-6-5-7-23(15)18(25)19(2,3)4/h12,15H,5-11H2,1-4H3/t15-/m0/s1. The van der Waals surface area contributed by atoms with Gasteiger partial charge in [-0.15, -0.1) is 0 Å². The zero-order chi connectivity index (χ0) is 18.9. The molecule has 1 atom stereocenters. The van der Waals surface area contributed by atoms with E-state index >= 15 is 0 Å². The summed E-state index contributed by atoms with van der Waals surface area (Å²) < 4.78 is 5.34. The Morgan fingerprint density at radius 3 is 2.54 bits per heavy atom. The van der Waals surface area contributed by atoms with Gasteiger partial charge in [-0.2, -0.15) is 0 Å². The van der Waals surface area contributed by atoms with Gasteiger partial charge in [0.1, 0.15) is 5.82 Å². The highest BCUT2D eigenvalue weighted by Gasteiger charge is 2.38. The SMILES string of the molecule is Cc1ncc(C(=O)N2CCOCC2)c([C@@H]2CCCN2C(=O)C(C)(C)C)n1. The van der Waals surface area contributed by atoms with Crippen LogP contribution in [0, 0.1) is 12.3 Å². The lowest BCUT2D eigenvalue weighted by atomic mass is 9.93. The van der Waals surface area contributed by atoms with Crippen LogP contribution in [0.5, 0.6) is 0 Å². The molecule has 2 fully saturated rings. The molecule has 26 heavy (non-hydrogen) atoms. The van der Waals surface area contributed by atoms with E-state index in [2.05, 4.69) is 9.97 Å². The van der Waals surface area contributed by atoms with E-state index in [-0.39, 0.29) is 17.9 Å². The number of aromatic nitrogens is 2. The molecule has 0 bridgehead atoms. The minimum absolute atomic E-state index is 0.0710. The van der Waals surface area contributed by atoms with Gasteiger partial charge in [0.2, 0.25) is 5.91 Å². The molecular formula is C19H28N4O3. The Morgan fingerprint density at radius 1 is 1.19 bits per heavy atom. The van der Waals surface area contributed by atoms with Crippen molar-refractivity contribution in [3.8, 4) is 0 Å². The Kier molecular flexibility index (Phi) is 5.27. The molecule has 142 valence electrons. The lowest BCUT2D eigenvalue weighted by Crippen LogP contribution is -2.42. The van der Waals surface area contributed by atoms with Gasteiger partial charge in [-0.05, 0) is 19.8 Å².